The number of imide groups is 1. The molecule has 8 nitrogen and oxygen atoms in total. The van der Waals surface area contributed by atoms with Crippen molar-refractivity contribution in [3.63, 3.8) is 0 Å². The number of hydrogen-bond donors (Lipinski definition) is 0. The number of carbonyl (C=O) groups is 2. The molecule has 194 valence electrons. The fraction of sp³-hybridized carbons (Fsp3) is 0.423. The highest BCUT2D eigenvalue weighted by Gasteiger charge is 2.49. The second-order valence-electron chi connectivity index (χ2n) is 9.85. The minimum Gasteiger partial charge on any atom is -0.367 e. The lowest BCUT2D eigenvalue weighted by molar-refractivity contribution is -0.113. The fourth-order valence-electron chi connectivity index (χ4n) is 5.61. The summed E-state index contributed by atoms with van der Waals surface area (Å²) in [5, 5.41) is 4.40. The van der Waals surface area contributed by atoms with Crippen LogP contribution in [0.15, 0.2) is 42.7 Å². The summed E-state index contributed by atoms with van der Waals surface area (Å²) in [6.45, 7) is 3.39. The summed E-state index contributed by atoms with van der Waals surface area (Å²) in [6, 6.07) is 8.37. The van der Waals surface area contributed by atoms with Gasteiger partial charge in [0.15, 0.2) is 0 Å². The van der Waals surface area contributed by atoms with E-state index < -0.39 is 22.4 Å². The molecule has 0 saturated carbocycles. The van der Waals surface area contributed by atoms with Gasteiger partial charge in [0.25, 0.3) is 11.8 Å². The first-order valence-corrected chi connectivity index (χ1v) is 15.2. The molecule has 0 radical (unpaired) electrons. The van der Waals surface area contributed by atoms with Gasteiger partial charge in [-0.3, -0.25) is 28.3 Å². The third-order valence-electron chi connectivity index (χ3n) is 7.52. The third kappa shape index (κ3) is 4.48. The molecule has 6 rings (SSSR count). The van der Waals surface area contributed by atoms with E-state index in [1.807, 2.05) is 23.1 Å². The van der Waals surface area contributed by atoms with Gasteiger partial charge in [0, 0.05) is 59.1 Å². The molecule has 2 aromatic heterocycles. The van der Waals surface area contributed by atoms with E-state index in [1.165, 1.54) is 16.2 Å². The van der Waals surface area contributed by atoms with Crippen LogP contribution in [0.3, 0.4) is 0 Å². The van der Waals surface area contributed by atoms with Crippen molar-refractivity contribution in [2.75, 3.05) is 31.7 Å². The van der Waals surface area contributed by atoms with E-state index in [0.29, 0.717) is 27.8 Å². The normalized spacial score (nSPS) is 21.9. The Morgan fingerprint density at radius 2 is 1.89 bits per heavy atom. The van der Waals surface area contributed by atoms with E-state index in [4.69, 9.17) is 16.3 Å². The molecule has 1 spiro atoms. The Kier molecular flexibility index (Phi) is 6.57. The zero-order valence-electron chi connectivity index (χ0n) is 20.4. The van der Waals surface area contributed by atoms with Gasteiger partial charge in [-0.15, -0.1) is 11.3 Å². The number of likely N-dealkylation sites (tertiary alicyclic amines) is 1. The molecule has 3 aliphatic rings. The average molecular weight is 559 g/mol. The number of nitrogens with zero attached hydrogens (tertiary/aromatic N) is 4. The molecule has 2 atom stereocenters. The predicted molar refractivity (Wildman–Crippen MR) is 142 cm³/mol. The van der Waals surface area contributed by atoms with E-state index in [1.54, 1.807) is 30.5 Å². The topological polar surface area (TPSA) is 84.7 Å². The summed E-state index contributed by atoms with van der Waals surface area (Å²) >= 11 is 8.00. The van der Waals surface area contributed by atoms with Crippen LogP contribution in [0.1, 0.15) is 55.6 Å². The van der Waals surface area contributed by atoms with Gasteiger partial charge in [-0.25, -0.2) is 0 Å². The standard InChI is InChI=1S/C26H27ClN4O4S2/c1-37(34)11-10-30-15-17(13-28-30)14-29-8-6-26(7-9-29)23-20(12-22(27)36-23)21(16-35-26)31-24(32)18-4-2-3-5-19(18)25(31)33/h2-5,12-13,15,21H,6-11,14,16H2,1H3. The molecular formula is C26H27ClN4O4S2. The van der Waals surface area contributed by atoms with Crippen molar-refractivity contribution in [1.82, 2.24) is 19.6 Å². The van der Waals surface area contributed by atoms with E-state index >= 15 is 0 Å². The number of amides is 2. The van der Waals surface area contributed by atoms with Crippen LogP contribution in [0.2, 0.25) is 4.34 Å². The van der Waals surface area contributed by atoms with E-state index in [2.05, 4.69) is 10.00 Å². The summed E-state index contributed by atoms with van der Waals surface area (Å²) in [5.74, 6) is 0.0379. The van der Waals surface area contributed by atoms with E-state index in [9.17, 15) is 13.8 Å². The number of halogens is 1. The van der Waals surface area contributed by atoms with Crippen molar-refractivity contribution in [1.29, 1.82) is 0 Å². The maximum absolute atomic E-state index is 13.2. The molecule has 37 heavy (non-hydrogen) atoms. The lowest BCUT2D eigenvalue weighted by Crippen LogP contribution is -2.49. The van der Waals surface area contributed by atoms with Crippen LogP contribution >= 0.6 is 22.9 Å². The van der Waals surface area contributed by atoms with Crippen LogP contribution in [0, 0.1) is 0 Å². The van der Waals surface area contributed by atoms with Crippen molar-refractivity contribution >= 4 is 45.6 Å². The van der Waals surface area contributed by atoms with E-state index in [0.717, 1.165) is 48.5 Å². The molecule has 1 saturated heterocycles. The van der Waals surface area contributed by atoms with Gasteiger partial charge in [-0.1, -0.05) is 23.7 Å². The van der Waals surface area contributed by atoms with Gasteiger partial charge in [0.1, 0.15) is 5.60 Å². The summed E-state index contributed by atoms with van der Waals surface area (Å²) in [5.41, 5.74) is 2.48. The minimum atomic E-state index is -0.838. The summed E-state index contributed by atoms with van der Waals surface area (Å²) < 4.78 is 20.4. The molecule has 2 unspecified atom stereocenters. The quantitative estimate of drug-likeness (QED) is 0.428. The SMILES string of the molecule is CS(=O)CCn1cc(CN2CCC3(CC2)OCC(N2C(=O)c4ccccc4C2=O)c2cc(Cl)sc23)cn1. The second-order valence-corrected chi connectivity index (χ2v) is 13.1. The number of aromatic nitrogens is 2. The highest BCUT2D eigenvalue weighted by molar-refractivity contribution is 7.84. The molecular weight excluding hydrogens is 532 g/mol. The van der Waals surface area contributed by atoms with Gasteiger partial charge in [-0.2, -0.15) is 5.10 Å². The average Bonchev–Trinajstić information content (AvgIpc) is 3.57. The molecule has 1 aromatic carbocycles. The molecule has 0 N–H and O–H groups in total. The number of rotatable bonds is 6. The molecule has 0 aliphatic carbocycles. The number of hydrogen-bond acceptors (Lipinski definition) is 7. The van der Waals surface area contributed by atoms with Gasteiger partial charge < -0.3 is 4.74 Å². The van der Waals surface area contributed by atoms with Gasteiger partial charge in [0.2, 0.25) is 0 Å². The first-order chi connectivity index (χ1) is 17.8. The van der Waals surface area contributed by atoms with Crippen molar-refractivity contribution in [2.24, 2.45) is 0 Å². The van der Waals surface area contributed by atoms with Crippen LogP contribution in [0.4, 0.5) is 0 Å². The monoisotopic (exact) mass is 558 g/mol. The fourth-order valence-corrected chi connectivity index (χ4v) is 7.55. The van der Waals surface area contributed by atoms with E-state index in [-0.39, 0.29) is 18.4 Å². The molecule has 3 aliphatic heterocycles. The molecule has 5 heterocycles. The number of fused-ring (bicyclic) bond motifs is 3. The van der Waals surface area contributed by atoms with Gasteiger partial charge >= 0.3 is 0 Å². The zero-order chi connectivity index (χ0) is 25.7. The van der Waals surface area contributed by atoms with Crippen LogP contribution in [-0.2, 0) is 34.2 Å². The minimum absolute atomic E-state index is 0.261. The Labute approximate surface area is 226 Å². The molecule has 0 bridgehead atoms. The highest BCUT2D eigenvalue weighted by Crippen LogP contribution is 2.51. The Morgan fingerprint density at radius 1 is 1.19 bits per heavy atom. The zero-order valence-corrected chi connectivity index (χ0v) is 22.8. The predicted octanol–water partition coefficient (Wildman–Crippen LogP) is 3.84. The first-order valence-electron chi connectivity index (χ1n) is 12.3. The lowest BCUT2D eigenvalue weighted by atomic mass is 9.83. The van der Waals surface area contributed by atoms with Crippen LogP contribution in [0.25, 0.3) is 0 Å². The first kappa shape index (κ1) is 24.9. The second kappa shape index (κ2) is 9.74. The van der Waals surface area contributed by atoms with Crippen molar-refractivity contribution in [2.45, 2.75) is 37.6 Å². The number of carbonyl (C=O) groups excluding carboxylic acids is 2. The maximum Gasteiger partial charge on any atom is 0.262 e. The largest absolute Gasteiger partial charge is 0.367 e. The van der Waals surface area contributed by atoms with Gasteiger partial charge in [0.05, 0.1) is 40.9 Å². The number of benzene rings is 1. The molecule has 3 aromatic rings. The van der Waals surface area contributed by atoms with Crippen molar-refractivity contribution in [3.8, 4) is 0 Å². The molecule has 1 fully saturated rings. The Morgan fingerprint density at radius 3 is 2.57 bits per heavy atom. The Hall–Kier alpha value is -2.37. The summed E-state index contributed by atoms with van der Waals surface area (Å²) in [4.78, 5) is 31.1. The Bertz CT molecular complexity index is 1360. The van der Waals surface area contributed by atoms with Crippen LogP contribution in [0.5, 0.6) is 0 Å². The number of ether oxygens (including phenoxy) is 1. The number of aryl methyl sites for hydroxylation is 1. The third-order valence-corrected chi connectivity index (χ3v) is 9.75. The van der Waals surface area contributed by atoms with Crippen molar-refractivity contribution in [3.05, 3.63) is 74.2 Å². The number of thiophene rings is 1. The highest BCUT2D eigenvalue weighted by atomic mass is 35.5. The molecule has 11 heteroatoms. The Balaban J connectivity index is 1.17. The maximum atomic E-state index is 13.2. The van der Waals surface area contributed by atoms with Crippen molar-refractivity contribution < 1.29 is 18.5 Å². The summed E-state index contributed by atoms with van der Waals surface area (Å²) in [6.07, 6.45) is 7.21. The van der Waals surface area contributed by atoms with Gasteiger partial charge in [-0.05, 0) is 36.6 Å². The van der Waals surface area contributed by atoms with Crippen LogP contribution < -0.4 is 0 Å². The smallest absolute Gasteiger partial charge is 0.262 e. The van der Waals surface area contributed by atoms with Crippen LogP contribution in [-0.4, -0.2) is 67.3 Å². The lowest BCUT2D eigenvalue weighted by Gasteiger charge is -2.46. The molecule has 2 amide bonds. The summed E-state index contributed by atoms with van der Waals surface area (Å²) in [7, 11) is -0.838. The number of piperidine rings is 1.